The molecule has 2 aromatic rings. The summed E-state index contributed by atoms with van der Waals surface area (Å²) >= 11 is 3.53. The van der Waals surface area contributed by atoms with E-state index < -0.39 is 0 Å². The lowest BCUT2D eigenvalue weighted by Gasteiger charge is -2.14. The zero-order valence-corrected chi connectivity index (χ0v) is 13.0. The topological polar surface area (TPSA) is 43.8 Å². The molecule has 0 radical (unpaired) electrons. The summed E-state index contributed by atoms with van der Waals surface area (Å²) < 4.78 is 2.97. The van der Waals surface area contributed by atoms with Crippen LogP contribution in [0.25, 0.3) is 0 Å². The van der Waals surface area contributed by atoms with E-state index in [4.69, 9.17) is 5.73 Å². The Hall–Kier alpha value is -1.13. The van der Waals surface area contributed by atoms with Crippen molar-refractivity contribution in [1.29, 1.82) is 0 Å². The number of rotatable bonds is 5. The maximum Gasteiger partial charge on any atom is 0.0693 e. The molecule has 0 saturated heterocycles. The summed E-state index contributed by atoms with van der Waals surface area (Å²) in [6, 6.07) is 8.61. The molecule has 0 aliphatic rings. The highest BCUT2D eigenvalue weighted by Crippen LogP contribution is 2.25. The Kier molecular flexibility index (Phi) is 4.77. The third-order valence-corrected chi connectivity index (χ3v) is 3.92. The number of aryl methyl sites for hydroxylation is 3. The predicted octanol–water partition coefficient (Wildman–Crippen LogP) is 3.61. The van der Waals surface area contributed by atoms with Gasteiger partial charge >= 0.3 is 0 Å². The summed E-state index contributed by atoms with van der Waals surface area (Å²) in [6.07, 6.45) is 3.74. The first-order valence-corrected chi connectivity index (χ1v) is 7.43. The van der Waals surface area contributed by atoms with Crippen molar-refractivity contribution in [3.63, 3.8) is 0 Å². The van der Waals surface area contributed by atoms with Crippen molar-refractivity contribution in [2.24, 2.45) is 5.73 Å². The van der Waals surface area contributed by atoms with Gasteiger partial charge in [0.2, 0.25) is 0 Å². The number of nitrogens with zero attached hydrogens (tertiary/aromatic N) is 2. The molecule has 2 N–H and O–H groups in total. The number of nitrogens with two attached hydrogens (primary N) is 1. The van der Waals surface area contributed by atoms with Gasteiger partial charge in [-0.15, -0.1) is 0 Å². The van der Waals surface area contributed by atoms with E-state index in [1.165, 1.54) is 11.1 Å². The van der Waals surface area contributed by atoms with Crippen LogP contribution in [0.4, 0.5) is 0 Å². The summed E-state index contributed by atoms with van der Waals surface area (Å²) in [5.74, 6) is 0. The summed E-state index contributed by atoms with van der Waals surface area (Å²) in [7, 11) is 0. The summed E-state index contributed by atoms with van der Waals surface area (Å²) in [5.41, 5.74) is 10.0. The first kappa shape index (κ1) is 14.3. The van der Waals surface area contributed by atoms with Crippen molar-refractivity contribution in [2.45, 2.75) is 39.3 Å². The average Bonchev–Trinajstić information content (AvgIpc) is 2.77. The number of aromatic nitrogens is 2. The molecule has 0 amide bonds. The van der Waals surface area contributed by atoms with E-state index in [9.17, 15) is 0 Å². The highest BCUT2D eigenvalue weighted by Gasteiger charge is 2.15. The van der Waals surface area contributed by atoms with Crippen LogP contribution >= 0.6 is 15.9 Å². The van der Waals surface area contributed by atoms with Crippen LogP contribution in [-0.2, 0) is 13.0 Å². The van der Waals surface area contributed by atoms with Crippen molar-refractivity contribution < 1.29 is 0 Å². The molecule has 1 heterocycles. The summed E-state index contributed by atoms with van der Waals surface area (Å²) in [6.45, 7) is 5.04. The molecule has 4 heteroatoms. The minimum absolute atomic E-state index is 0.0114. The normalized spacial score (nSPS) is 12.6. The SMILES string of the molecule is CCn1ncc(Br)c1C(N)CCc1cccc(C)c1. The maximum atomic E-state index is 6.31. The molecule has 0 spiro atoms. The van der Waals surface area contributed by atoms with Crippen LogP contribution in [0.2, 0.25) is 0 Å². The minimum atomic E-state index is 0.0114. The fourth-order valence-corrected chi connectivity index (χ4v) is 2.91. The van der Waals surface area contributed by atoms with Gasteiger partial charge in [0, 0.05) is 12.6 Å². The highest BCUT2D eigenvalue weighted by molar-refractivity contribution is 9.10. The second-order valence-electron chi connectivity index (χ2n) is 4.83. The number of halogens is 1. The zero-order valence-electron chi connectivity index (χ0n) is 11.4. The van der Waals surface area contributed by atoms with Gasteiger partial charge in [-0.25, -0.2) is 0 Å². The Labute approximate surface area is 122 Å². The van der Waals surface area contributed by atoms with Gasteiger partial charge < -0.3 is 5.73 Å². The second-order valence-corrected chi connectivity index (χ2v) is 5.68. The van der Waals surface area contributed by atoms with Crippen LogP contribution in [0.1, 0.15) is 36.2 Å². The first-order chi connectivity index (χ1) is 9.11. The Morgan fingerprint density at radius 1 is 1.42 bits per heavy atom. The Balaban J connectivity index is 2.05. The van der Waals surface area contributed by atoms with Gasteiger partial charge in [-0.3, -0.25) is 4.68 Å². The molecule has 1 aromatic carbocycles. The van der Waals surface area contributed by atoms with Crippen molar-refractivity contribution in [3.05, 3.63) is 51.8 Å². The van der Waals surface area contributed by atoms with Gasteiger partial charge in [-0.05, 0) is 48.2 Å². The van der Waals surface area contributed by atoms with E-state index in [1.807, 2.05) is 10.9 Å². The molecule has 0 saturated carbocycles. The van der Waals surface area contributed by atoms with Crippen molar-refractivity contribution in [3.8, 4) is 0 Å². The molecule has 0 fully saturated rings. The zero-order chi connectivity index (χ0) is 13.8. The van der Waals surface area contributed by atoms with Crippen LogP contribution in [0.15, 0.2) is 34.9 Å². The number of benzene rings is 1. The quantitative estimate of drug-likeness (QED) is 0.914. The molecule has 1 unspecified atom stereocenters. The Morgan fingerprint density at radius 2 is 2.21 bits per heavy atom. The van der Waals surface area contributed by atoms with Crippen LogP contribution in [0.3, 0.4) is 0 Å². The lowest BCUT2D eigenvalue weighted by molar-refractivity contribution is 0.545. The lowest BCUT2D eigenvalue weighted by Crippen LogP contribution is -2.17. The third-order valence-electron chi connectivity index (χ3n) is 3.31. The molecule has 2 rings (SSSR count). The molecular weight excluding hydrogens is 302 g/mol. The van der Waals surface area contributed by atoms with Crippen LogP contribution in [-0.4, -0.2) is 9.78 Å². The molecule has 0 aliphatic carbocycles. The van der Waals surface area contributed by atoms with E-state index in [-0.39, 0.29) is 6.04 Å². The largest absolute Gasteiger partial charge is 0.323 e. The van der Waals surface area contributed by atoms with E-state index in [2.05, 4.69) is 59.1 Å². The molecule has 0 bridgehead atoms. The molecule has 1 atom stereocenters. The molecule has 0 aliphatic heterocycles. The van der Waals surface area contributed by atoms with Crippen molar-refractivity contribution in [1.82, 2.24) is 9.78 Å². The molecule has 3 nitrogen and oxygen atoms in total. The van der Waals surface area contributed by atoms with E-state index in [0.29, 0.717) is 0 Å². The van der Waals surface area contributed by atoms with Crippen LogP contribution in [0, 0.1) is 6.92 Å². The number of hydrogen-bond donors (Lipinski definition) is 1. The smallest absolute Gasteiger partial charge is 0.0693 e. The molecule has 102 valence electrons. The fraction of sp³-hybridized carbons (Fsp3) is 0.400. The predicted molar refractivity (Wildman–Crippen MR) is 82.0 cm³/mol. The Morgan fingerprint density at radius 3 is 2.89 bits per heavy atom. The fourth-order valence-electron chi connectivity index (χ4n) is 2.32. The van der Waals surface area contributed by atoms with Gasteiger partial charge in [0.15, 0.2) is 0 Å². The van der Waals surface area contributed by atoms with Gasteiger partial charge in [0.25, 0.3) is 0 Å². The van der Waals surface area contributed by atoms with Gasteiger partial charge in [0.05, 0.1) is 16.4 Å². The molecule has 1 aromatic heterocycles. The highest BCUT2D eigenvalue weighted by atomic mass is 79.9. The second kappa shape index (κ2) is 6.35. The number of hydrogen-bond acceptors (Lipinski definition) is 2. The standard InChI is InChI=1S/C15H20BrN3/c1-3-19-15(13(16)10-18-19)14(17)8-7-12-6-4-5-11(2)9-12/h4-6,9-10,14H,3,7-8,17H2,1-2H3. The van der Waals surface area contributed by atoms with Crippen LogP contribution < -0.4 is 5.73 Å². The summed E-state index contributed by atoms with van der Waals surface area (Å²) in [5, 5.41) is 4.31. The summed E-state index contributed by atoms with van der Waals surface area (Å²) in [4.78, 5) is 0. The minimum Gasteiger partial charge on any atom is -0.323 e. The average molecular weight is 322 g/mol. The van der Waals surface area contributed by atoms with E-state index >= 15 is 0 Å². The van der Waals surface area contributed by atoms with Gasteiger partial charge in [-0.1, -0.05) is 29.8 Å². The maximum absolute atomic E-state index is 6.31. The van der Waals surface area contributed by atoms with Crippen LogP contribution in [0.5, 0.6) is 0 Å². The van der Waals surface area contributed by atoms with Gasteiger partial charge in [0.1, 0.15) is 0 Å². The van der Waals surface area contributed by atoms with E-state index in [1.54, 1.807) is 0 Å². The van der Waals surface area contributed by atoms with Gasteiger partial charge in [-0.2, -0.15) is 5.10 Å². The lowest BCUT2D eigenvalue weighted by atomic mass is 10.0. The third kappa shape index (κ3) is 3.45. The van der Waals surface area contributed by atoms with E-state index in [0.717, 1.165) is 29.6 Å². The van der Waals surface area contributed by atoms with Crippen molar-refractivity contribution in [2.75, 3.05) is 0 Å². The first-order valence-electron chi connectivity index (χ1n) is 6.64. The van der Waals surface area contributed by atoms with Crippen molar-refractivity contribution >= 4 is 15.9 Å². The molecule has 19 heavy (non-hydrogen) atoms. The monoisotopic (exact) mass is 321 g/mol. The Bertz CT molecular complexity index is 548. The molecular formula is C15H20BrN3.